The topological polar surface area (TPSA) is 35.5 Å². The molecule has 3 nitrogen and oxygen atoms in total. The van der Waals surface area contributed by atoms with E-state index in [-0.39, 0.29) is 12.6 Å². The molecule has 0 aliphatic rings. The molecule has 0 N–H and O–H groups in total. The van der Waals surface area contributed by atoms with Crippen molar-refractivity contribution in [1.82, 2.24) is 0 Å². The Balaban J connectivity index is 3.69. The van der Waals surface area contributed by atoms with Gasteiger partial charge in [0.25, 0.3) is 0 Å². The highest BCUT2D eigenvalue weighted by Gasteiger charge is 1.97. The fourth-order valence-electron chi connectivity index (χ4n) is 0.602. The summed E-state index contributed by atoms with van der Waals surface area (Å²) in [6.07, 6.45) is 2.76. The molecule has 0 aromatic carbocycles. The molecule has 0 aliphatic heterocycles. The van der Waals surface area contributed by atoms with Gasteiger partial charge in [-0.2, -0.15) is 0 Å². The molecule has 64 valence electrons. The van der Waals surface area contributed by atoms with Gasteiger partial charge in [0.2, 0.25) is 0 Å². The van der Waals surface area contributed by atoms with Crippen LogP contribution in [-0.4, -0.2) is 19.7 Å². The van der Waals surface area contributed by atoms with Gasteiger partial charge in [0.1, 0.15) is 12.4 Å². The minimum absolute atomic E-state index is 0.236. The summed E-state index contributed by atoms with van der Waals surface area (Å²) in [7, 11) is 1.56. The van der Waals surface area contributed by atoms with Gasteiger partial charge in [-0.1, -0.05) is 6.92 Å². The van der Waals surface area contributed by atoms with Crippen molar-refractivity contribution >= 4 is 5.97 Å². The Kier molecular flexibility index (Phi) is 5.25. The van der Waals surface area contributed by atoms with Gasteiger partial charge in [-0.3, -0.25) is 4.79 Å². The van der Waals surface area contributed by atoms with E-state index in [9.17, 15) is 4.79 Å². The van der Waals surface area contributed by atoms with Gasteiger partial charge in [0, 0.05) is 6.92 Å². The molecule has 0 amide bonds. The molecule has 3 heteroatoms. The fraction of sp³-hybridized carbons (Fsp3) is 0.625. The van der Waals surface area contributed by atoms with Gasteiger partial charge in [-0.25, -0.2) is 0 Å². The highest BCUT2D eigenvalue weighted by molar-refractivity contribution is 5.66. The first kappa shape index (κ1) is 10.0. The van der Waals surface area contributed by atoms with Crippen molar-refractivity contribution in [3.8, 4) is 0 Å². The van der Waals surface area contributed by atoms with E-state index in [1.165, 1.54) is 6.92 Å². The molecule has 0 heterocycles. The average Bonchev–Trinajstić information content (AvgIpc) is 1.97. The zero-order valence-corrected chi connectivity index (χ0v) is 7.22. The Morgan fingerprint density at radius 2 is 2.18 bits per heavy atom. The number of hydrogen-bond acceptors (Lipinski definition) is 3. The number of hydrogen-bond donors (Lipinski definition) is 0. The van der Waals surface area contributed by atoms with Gasteiger partial charge in [-0.15, -0.1) is 0 Å². The number of allylic oxidation sites excluding steroid dienone is 1. The lowest BCUT2D eigenvalue weighted by molar-refractivity contribution is -0.140. The molecular formula is C8H14O3. The van der Waals surface area contributed by atoms with E-state index in [1.807, 2.05) is 13.0 Å². The van der Waals surface area contributed by atoms with Crippen molar-refractivity contribution < 1.29 is 14.3 Å². The second kappa shape index (κ2) is 5.77. The molecule has 0 aromatic rings. The normalized spacial score (nSPS) is 11.0. The van der Waals surface area contributed by atoms with Gasteiger partial charge < -0.3 is 9.47 Å². The lowest BCUT2D eigenvalue weighted by Gasteiger charge is -2.04. The van der Waals surface area contributed by atoms with Gasteiger partial charge in [0.05, 0.1) is 7.11 Å². The zero-order chi connectivity index (χ0) is 8.69. The van der Waals surface area contributed by atoms with Gasteiger partial charge in [0.15, 0.2) is 0 Å². The SMILES string of the molecule is CCC=C(COC(C)=O)OC. The molecule has 0 aliphatic carbocycles. The molecule has 0 radical (unpaired) electrons. The molecule has 0 saturated heterocycles. The van der Waals surface area contributed by atoms with Crippen LogP contribution in [0.2, 0.25) is 0 Å². The Morgan fingerprint density at radius 1 is 1.55 bits per heavy atom. The van der Waals surface area contributed by atoms with Crippen molar-refractivity contribution in [3.63, 3.8) is 0 Å². The Bertz CT molecular complexity index is 149. The van der Waals surface area contributed by atoms with E-state index in [0.29, 0.717) is 5.76 Å². The molecule has 0 spiro atoms. The average molecular weight is 158 g/mol. The standard InChI is InChI=1S/C8H14O3/c1-4-5-8(10-3)6-11-7(2)9/h5H,4,6H2,1-3H3. The van der Waals surface area contributed by atoms with E-state index in [2.05, 4.69) is 0 Å². The summed E-state index contributed by atoms with van der Waals surface area (Å²) >= 11 is 0. The summed E-state index contributed by atoms with van der Waals surface area (Å²) in [5.41, 5.74) is 0. The van der Waals surface area contributed by atoms with E-state index in [4.69, 9.17) is 9.47 Å². The Morgan fingerprint density at radius 3 is 2.55 bits per heavy atom. The van der Waals surface area contributed by atoms with Crippen LogP contribution in [0.3, 0.4) is 0 Å². The molecule has 0 atom stereocenters. The maximum Gasteiger partial charge on any atom is 0.303 e. The number of methoxy groups -OCH3 is 1. The highest BCUT2D eigenvalue weighted by atomic mass is 16.6. The van der Waals surface area contributed by atoms with Crippen LogP contribution in [-0.2, 0) is 14.3 Å². The van der Waals surface area contributed by atoms with Gasteiger partial charge >= 0.3 is 5.97 Å². The summed E-state index contributed by atoms with van der Waals surface area (Å²) in [4.78, 5) is 10.4. The first-order valence-corrected chi connectivity index (χ1v) is 3.57. The van der Waals surface area contributed by atoms with E-state index < -0.39 is 0 Å². The highest BCUT2D eigenvalue weighted by Crippen LogP contribution is 1.98. The van der Waals surface area contributed by atoms with Gasteiger partial charge in [-0.05, 0) is 12.5 Å². The van der Waals surface area contributed by atoms with Crippen LogP contribution in [0.25, 0.3) is 0 Å². The van der Waals surface area contributed by atoms with Crippen molar-refractivity contribution in [2.24, 2.45) is 0 Å². The predicted octanol–water partition coefficient (Wildman–Crippen LogP) is 1.49. The van der Waals surface area contributed by atoms with Crippen molar-refractivity contribution in [1.29, 1.82) is 0 Å². The second-order valence-corrected chi connectivity index (χ2v) is 2.06. The van der Waals surface area contributed by atoms with Crippen molar-refractivity contribution in [2.45, 2.75) is 20.3 Å². The molecule has 0 bridgehead atoms. The molecule has 0 rings (SSSR count). The van der Waals surface area contributed by atoms with E-state index in [0.717, 1.165) is 6.42 Å². The minimum atomic E-state index is -0.288. The number of rotatable bonds is 4. The van der Waals surface area contributed by atoms with Crippen LogP contribution in [0.15, 0.2) is 11.8 Å². The molecule has 11 heavy (non-hydrogen) atoms. The number of carbonyl (C=O) groups excluding carboxylic acids is 1. The summed E-state index contributed by atoms with van der Waals surface area (Å²) in [5, 5.41) is 0. The van der Waals surface area contributed by atoms with Crippen LogP contribution < -0.4 is 0 Å². The quantitative estimate of drug-likeness (QED) is 0.459. The van der Waals surface area contributed by atoms with Crippen LogP contribution in [0.1, 0.15) is 20.3 Å². The maximum atomic E-state index is 10.4. The molecule has 0 aromatic heterocycles. The molecular weight excluding hydrogens is 144 g/mol. The van der Waals surface area contributed by atoms with Crippen LogP contribution in [0.5, 0.6) is 0 Å². The zero-order valence-electron chi connectivity index (χ0n) is 7.22. The maximum absolute atomic E-state index is 10.4. The number of ether oxygens (including phenoxy) is 2. The summed E-state index contributed by atoms with van der Waals surface area (Å²) in [5.74, 6) is 0.409. The van der Waals surface area contributed by atoms with E-state index in [1.54, 1.807) is 7.11 Å². The van der Waals surface area contributed by atoms with Crippen LogP contribution in [0.4, 0.5) is 0 Å². The lowest BCUT2D eigenvalue weighted by atomic mass is 10.4. The third-order valence-electron chi connectivity index (χ3n) is 1.11. The largest absolute Gasteiger partial charge is 0.498 e. The lowest BCUT2D eigenvalue weighted by Crippen LogP contribution is -2.04. The third-order valence-corrected chi connectivity index (χ3v) is 1.11. The third kappa shape index (κ3) is 5.45. The van der Waals surface area contributed by atoms with Crippen molar-refractivity contribution in [3.05, 3.63) is 11.8 Å². The van der Waals surface area contributed by atoms with Crippen LogP contribution >= 0.6 is 0 Å². The Labute approximate surface area is 67.0 Å². The number of esters is 1. The minimum Gasteiger partial charge on any atom is -0.498 e. The second-order valence-electron chi connectivity index (χ2n) is 2.06. The molecule has 0 fully saturated rings. The van der Waals surface area contributed by atoms with Crippen molar-refractivity contribution in [2.75, 3.05) is 13.7 Å². The first-order valence-electron chi connectivity index (χ1n) is 3.57. The predicted molar refractivity (Wildman–Crippen MR) is 42.0 cm³/mol. The molecule has 0 saturated carbocycles. The van der Waals surface area contributed by atoms with E-state index >= 15 is 0 Å². The smallest absolute Gasteiger partial charge is 0.303 e. The summed E-state index contributed by atoms with van der Waals surface area (Å²) in [6.45, 7) is 3.60. The van der Waals surface area contributed by atoms with Crippen LogP contribution in [0, 0.1) is 0 Å². The number of carbonyl (C=O) groups is 1. The Hall–Kier alpha value is -0.990. The fourth-order valence-corrected chi connectivity index (χ4v) is 0.602. The first-order chi connectivity index (χ1) is 5.20. The summed E-state index contributed by atoms with van der Waals surface area (Å²) in [6, 6.07) is 0. The monoisotopic (exact) mass is 158 g/mol. The summed E-state index contributed by atoms with van der Waals surface area (Å²) < 4.78 is 9.64. The molecule has 0 unspecified atom stereocenters.